The second-order valence-corrected chi connectivity index (χ2v) is 5.45. The maximum atomic E-state index is 5.99. The minimum atomic E-state index is -0.127. The largest absolute Gasteiger partial charge is 0.374 e. The Morgan fingerprint density at radius 2 is 1.81 bits per heavy atom. The van der Waals surface area contributed by atoms with E-state index in [1.165, 1.54) is 5.56 Å². The van der Waals surface area contributed by atoms with E-state index in [1.54, 1.807) is 0 Å². The SMILES string of the molecule is CC(C)(C)OCC(N)Cc1ccc(Cl)cc1. The maximum absolute atomic E-state index is 5.99. The molecule has 3 heteroatoms. The maximum Gasteiger partial charge on any atom is 0.0627 e. The van der Waals surface area contributed by atoms with Gasteiger partial charge in [0.15, 0.2) is 0 Å². The van der Waals surface area contributed by atoms with E-state index >= 15 is 0 Å². The van der Waals surface area contributed by atoms with Crippen LogP contribution in [0.5, 0.6) is 0 Å². The normalized spacial score (nSPS) is 13.8. The van der Waals surface area contributed by atoms with E-state index in [2.05, 4.69) is 0 Å². The lowest BCUT2D eigenvalue weighted by Crippen LogP contribution is -2.33. The number of benzene rings is 1. The Morgan fingerprint density at radius 3 is 2.31 bits per heavy atom. The first-order valence-corrected chi connectivity index (χ1v) is 5.88. The smallest absolute Gasteiger partial charge is 0.0627 e. The molecule has 0 aromatic heterocycles. The van der Waals surface area contributed by atoms with Gasteiger partial charge in [-0.25, -0.2) is 0 Å². The molecule has 0 saturated heterocycles. The van der Waals surface area contributed by atoms with Crippen LogP contribution in [-0.4, -0.2) is 18.2 Å². The van der Waals surface area contributed by atoms with Crippen molar-refractivity contribution >= 4 is 11.6 Å². The Balaban J connectivity index is 2.39. The monoisotopic (exact) mass is 241 g/mol. The predicted octanol–water partition coefficient (Wildman–Crippen LogP) is 3.02. The van der Waals surface area contributed by atoms with E-state index < -0.39 is 0 Å². The molecule has 0 spiro atoms. The van der Waals surface area contributed by atoms with Gasteiger partial charge in [0.05, 0.1) is 12.2 Å². The molecule has 0 radical (unpaired) electrons. The fourth-order valence-corrected chi connectivity index (χ4v) is 1.47. The third kappa shape index (κ3) is 5.50. The quantitative estimate of drug-likeness (QED) is 0.880. The highest BCUT2D eigenvalue weighted by atomic mass is 35.5. The van der Waals surface area contributed by atoms with Crippen molar-refractivity contribution < 1.29 is 4.74 Å². The van der Waals surface area contributed by atoms with Gasteiger partial charge in [-0.05, 0) is 44.9 Å². The van der Waals surface area contributed by atoms with E-state index in [0.717, 1.165) is 11.4 Å². The standard InChI is InChI=1S/C13H20ClNO/c1-13(2,3)16-9-12(15)8-10-4-6-11(14)7-5-10/h4-7,12H,8-9,15H2,1-3H3. The highest BCUT2D eigenvalue weighted by Crippen LogP contribution is 2.12. The Hall–Kier alpha value is -0.570. The number of hydrogen-bond acceptors (Lipinski definition) is 2. The molecule has 1 aromatic carbocycles. The first-order valence-electron chi connectivity index (χ1n) is 5.51. The Labute approximate surface area is 103 Å². The van der Waals surface area contributed by atoms with Crippen molar-refractivity contribution in [3.05, 3.63) is 34.9 Å². The summed E-state index contributed by atoms with van der Waals surface area (Å²) in [5.41, 5.74) is 7.05. The molecule has 1 atom stereocenters. The minimum absolute atomic E-state index is 0.0281. The molecule has 90 valence electrons. The van der Waals surface area contributed by atoms with Crippen LogP contribution in [0.2, 0.25) is 5.02 Å². The summed E-state index contributed by atoms with van der Waals surface area (Å²) in [4.78, 5) is 0. The van der Waals surface area contributed by atoms with Crippen LogP contribution < -0.4 is 5.73 Å². The summed E-state index contributed by atoms with van der Waals surface area (Å²) in [6, 6.07) is 7.79. The van der Waals surface area contributed by atoms with Crippen molar-refractivity contribution in [3.8, 4) is 0 Å². The fraction of sp³-hybridized carbons (Fsp3) is 0.538. The van der Waals surface area contributed by atoms with Gasteiger partial charge < -0.3 is 10.5 Å². The molecule has 1 aromatic rings. The first kappa shape index (κ1) is 13.5. The van der Waals surface area contributed by atoms with E-state index in [9.17, 15) is 0 Å². The first-order chi connectivity index (χ1) is 7.37. The summed E-state index contributed by atoms with van der Waals surface area (Å²) in [5, 5.41) is 0.753. The highest BCUT2D eigenvalue weighted by Gasteiger charge is 2.13. The zero-order valence-corrected chi connectivity index (χ0v) is 10.9. The average molecular weight is 242 g/mol. The van der Waals surface area contributed by atoms with E-state index in [1.807, 2.05) is 45.0 Å². The lowest BCUT2D eigenvalue weighted by molar-refractivity contribution is -0.00983. The lowest BCUT2D eigenvalue weighted by atomic mass is 10.1. The van der Waals surface area contributed by atoms with Crippen LogP contribution in [0.4, 0.5) is 0 Å². The molecule has 0 saturated carbocycles. The third-order valence-electron chi connectivity index (χ3n) is 2.14. The van der Waals surface area contributed by atoms with Gasteiger partial charge in [-0.3, -0.25) is 0 Å². The number of hydrogen-bond donors (Lipinski definition) is 1. The van der Waals surface area contributed by atoms with Crippen LogP contribution in [-0.2, 0) is 11.2 Å². The van der Waals surface area contributed by atoms with Crippen molar-refractivity contribution in [1.29, 1.82) is 0 Å². The molecule has 0 heterocycles. The number of halogens is 1. The van der Waals surface area contributed by atoms with Crippen LogP contribution in [0.3, 0.4) is 0 Å². The molecule has 2 N–H and O–H groups in total. The molecule has 0 aliphatic carbocycles. The number of rotatable bonds is 4. The molecule has 2 nitrogen and oxygen atoms in total. The molecule has 0 fully saturated rings. The van der Waals surface area contributed by atoms with Crippen LogP contribution in [0.1, 0.15) is 26.3 Å². The van der Waals surface area contributed by atoms with Gasteiger partial charge in [0.1, 0.15) is 0 Å². The van der Waals surface area contributed by atoms with E-state index in [0.29, 0.717) is 6.61 Å². The minimum Gasteiger partial charge on any atom is -0.374 e. The zero-order valence-electron chi connectivity index (χ0n) is 10.2. The molecular weight excluding hydrogens is 222 g/mol. The Morgan fingerprint density at radius 1 is 1.25 bits per heavy atom. The molecule has 0 amide bonds. The van der Waals surface area contributed by atoms with Crippen LogP contribution in [0, 0.1) is 0 Å². The topological polar surface area (TPSA) is 35.2 Å². The number of ether oxygens (including phenoxy) is 1. The van der Waals surface area contributed by atoms with Crippen LogP contribution in [0.15, 0.2) is 24.3 Å². The second-order valence-electron chi connectivity index (χ2n) is 5.01. The van der Waals surface area contributed by atoms with Crippen molar-refractivity contribution in [2.75, 3.05) is 6.61 Å². The lowest BCUT2D eigenvalue weighted by Gasteiger charge is -2.22. The number of nitrogens with two attached hydrogens (primary N) is 1. The van der Waals surface area contributed by atoms with Gasteiger partial charge in [-0.2, -0.15) is 0 Å². The van der Waals surface area contributed by atoms with E-state index in [4.69, 9.17) is 22.1 Å². The van der Waals surface area contributed by atoms with Gasteiger partial charge in [-0.15, -0.1) is 0 Å². The summed E-state index contributed by atoms with van der Waals surface area (Å²) in [5.74, 6) is 0. The summed E-state index contributed by atoms with van der Waals surface area (Å²) >= 11 is 5.81. The summed E-state index contributed by atoms with van der Waals surface area (Å²) < 4.78 is 5.64. The van der Waals surface area contributed by atoms with Gasteiger partial charge in [0.25, 0.3) is 0 Å². The molecule has 0 aliphatic rings. The third-order valence-corrected chi connectivity index (χ3v) is 2.39. The van der Waals surface area contributed by atoms with Gasteiger partial charge >= 0.3 is 0 Å². The molecular formula is C13H20ClNO. The van der Waals surface area contributed by atoms with Crippen LogP contribution >= 0.6 is 11.6 Å². The van der Waals surface area contributed by atoms with Crippen molar-refractivity contribution in [1.82, 2.24) is 0 Å². The summed E-state index contributed by atoms with van der Waals surface area (Å²) in [6.07, 6.45) is 0.813. The zero-order chi connectivity index (χ0) is 12.2. The predicted molar refractivity (Wildman–Crippen MR) is 68.8 cm³/mol. The molecule has 1 unspecified atom stereocenters. The fourth-order valence-electron chi connectivity index (χ4n) is 1.34. The molecule has 0 bridgehead atoms. The molecule has 16 heavy (non-hydrogen) atoms. The van der Waals surface area contributed by atoms with Crippen molar-refractivity contribution in [2.45, 2.75) is 38.8 Å². The summed E-state index contributed by atoms with van der Waals surface area (Å²) in [6.45, 7) is 6.66. The Bertz CT molecular complexity index is 316. The van der Waals surface area contributed by atoms with Crippen LogP contribution in [0.25, 0.3) is 0 Å². The molecule has 0 aliphatic heterocycles. The van der Waals surface area contributed by atoms with Crippen molar-refractivity contribution in [3.63, 3.8) is 0 Å². The second kappa shape index (κ2) is 5.67. The van der Waals surface area contributed by atoms with Gasteiger partial charge in [-0.1, -0.05) is 23.7 Å². The van der Waals surface area contributed by atoms with Gasteiger partial charge in [0, 0.05) is 11.1 Å². The summed E-state index contributed by atoms with van der Waals surface area (Å²) in [7, 11) is 0. The van der Waals surface area contributed by atoms with Crippen molar-refractivity contribution in [2.24, 2.45) is 5.73 Å². The van der Waals surface area contributed by atoms with Gasteiger partial charge in [0.2, 0.25) is 0 Å². The van der Waals surface area contributed by atoms with E-state index in [-0.39, 0.29) is 11.6 Å². The highest BCUT2D eigenvalue weighted by molar-refractivity contribution is 6.30. The Kier molecular flexibility index (Phi) is 4.78. The molecule has 1 rings (SSSR count). The average Bonchev–Trinajstić information content (AvgIpc) is 2.18.